The summed E-state index contributed by atoms with van der Waals surface area (Å²) in [7, 11) is 2.46. The van der Waals surface area contributed by atoms with E-state index in [2.05, 4.69) is 0 Å². The molecule has 10 heteroatoms. The van der Waals surface area contributed by atoms with Crippen LogP contribution < -0.4 is 4.74 Å². The summed E-state index contributed by atoms with van der Waals surface area (Å²) < 4.78 is 19.1. The molecule has 0 aromatic heterocycles. The van der Waals surface area contributed by atoms with Crippen molar-refractivity contribution in [3.05, 3.63) is 68.5 Å². The van der Waals surface area contributed by atoms with E-state index in [0.29, 0.717) is 6.42 Å². The smallest absolute Gasteiger partial charge is 0.315 e. The van der Waals surface area contributed by atoms with Crippen LogP contribution in [0.3, 0.4) is 0 Å². The van der Waals surface area contributed by atoms with Crippen molar-refractivity contribution in [1.82, 2.24) is 4.90 Å². The van der Waals surface area contributed by atoms with E-state index in [1.165, 1.54) is 19.2 Å². The second-order valence-corrected chi connectivity index (χ2v) is 6.58. The summed E-state index contributed by atoms with van der Waals surface area (Å²) in [5.41, 5.74) is -0.773. The van der Waals surface area contributed by atoms with Crippen molar-refractivity contribution in [1.29, 1.82) is 5.26 Å². The number of aromatic hydroxyl groups is 1. The number of nitrogens with zero attached hydrogens (tertiary/aromatic N) is 3. The fourth-order valence-corrected chi connectivity index (χ4v) is 2.83. The van der Waals surface area contributed by atoms with Crippen molar-refractivity contribution in [2.75, 3.05) is 14.2 Å². The minimum atomic E-state index is -0.923. The van der Waals surface area contributed by atoms with E-state index >= 15 is 0 Å². The van der Waals surface area contributed by atoms with E-state index in [9.17, 15) is 34.8 Å². The Kier molecular flexibility index (Phi) is 7.15. The Hall–Kier alpha value is -4.13. The summed E-state index contributed by atoms with van der Waals surface area (Å²) >= 11 is 0. The van der Waals surface area contributed by atoms with Crippen molar-refractivity contribution in [3.63, 3.8) is 0 Å². The second-order valence-electron chi connectivity index (χ2n) is 6.58. The van der Waals surface area contributed by atoms with Gasteiger partial charge < -0.3 is 19.8 Å². The maximum atomic E-state index is 14.2. The van der Waals surface area contributed by atoms with Gasteiger partial charge in [-0.15, -0.1) is 0 Å². The molecule has 2 N–H and O–H groups in total. The Balaban J connectivity index is 2.43. The first-order valence-electron chi connectivity index (χ1n) is 9.06. The molecule has 0 aliphatic rings. The molecule has 2 rings (SSSR count). The number of aliphatic hydroxyl groups excluding tert-OH is 1. The van der Waals surface area contributed by atoms with Crippen molar-refractivity contribution in [2.24, 2.45) is 0 Å². The predicted molar refractivity (Wildman–Crippen MR) is 109 cm³/mol. The maximum Gasteiger partial charge on any atom is 0.315 e. The highest BCUT2D eigenvalue weighted by Crippen LogP contribution is 2.38. The molecule has 0 aliphatic carbocycles. The molecule has 0 fully saturated rings. The largest absolute Gasteiger partial charge is 0.506 e. The first-order chi connectivity index (χ1) is 14.6. The third kappa shape index (κ3) is 4.90. The van der Waals surface area contributed by atoms with Gasteiger partial charge in [0.05, 0.1) is 12.0 Å². The molecule has 0 radical (unpaired) electrons. The molecule has 0 saturated heterocycles. The summed E-state index contributed by atoms with van der Waals surface area (Å²) in [6.07, 6.45) is 0.642. The molecule has 0 saturated carbocycles. The fourth-order valence-electron chi connectivity index (χ4n) is 2.83. The minimum Gasteiger partial charge on any atom is -0.506 e. The molecule has 9 nitrogen and oxygen atoms in total. The summed E-state index contributed by atoms with van der Waals surface area (Å²) in [6, 6.07) is 8.03. The number of aryl methyl sites for hydroxylation is 1. The minimum absolute atomic E-state index is 0.174. The van der Waals surface area contributed by atoms with Gasteiger partial charge >= 0.3 is 5.69 Å². The third-order valence-corrected chi connectivity index (χ3v) is 4.59. The molecular weight excluding hydrogens is 409 g/mol. The van der Waals surface area contributed by atoms with E-state index in [-0.39, 0.29) is 23.4 Å². The molecule has 0 bridgehead atoms. The van der Waals surface area contributed by atoms with Crippen LogP contribution in [0.2, 0.25) is 0 Å². The van der Waals surface area contributed by atoms with Gasteiger partial charge in [-0.1, -0.05) is 19.1 Å². The Bertz CT molecular complexity index is 1110. The van der Waals surface area contributed by atoms with Crippen LogP contribution in [0.5, 0.6) is 11.5 Å². The molecule has 2 aromatic rings. The fraction of sp³-hybridized carbons (Fsp3) is 0.238. The number of likely N-dealkylation sites (N-methyl/N-ethyl adjacent to an activating group) is 1. The number of carbonyl (C=O) groups is 1. The lowest BCUT2D eigenvalue weighted by Crippen LogP contribution is -2.28. The standard InChI is InChI=1S/C21H20FN3O6/c1-4-12-5-6-13(16(22)7-12)11-24(2)21(28)15(10-23)19(26)14-8-17(25(29)30)20(27)18(9-14)31-3/h5-9,26-27H,4,11H2,1-3H3/b19-15-. The number of nitro benzene ring substituents is 1. The molecular formula is C21H20FN3O6. The Morgan fingerprint density at radius 1 is 1.35 bits per heavy atom. The Morgan fingerprint density at radius 2 is 2.03 bits per heavy atom. The van der Waals surface area contributed by atoms with Crippen LogP contribution in [0.1, 0.15) is 23.6 Å². The average molecular weight is 429 g/mol. The molecule has 0 aliphatic heterocycles. The van der Waals surface area contributed by atoms with Gasteiger partial charge in [-0.2, -0.15) is 5.26 Å². The van der Waals surface area contributed by atoms with Gasteiger partial charge in [0.25, 0.3) is 5.91 Å². The highest BCUT2D eigenvalue weighted by atomic mass is 19.1. The van der Waals surface area contributed by atoms with E-state index in [1.807, 2.05) is 6.92 Å². The van der Waals surface area contributed by atoms with Gasteiger partial charge in [0, 0.05) is 30.8 Å². The normalized spacial score (nSPS) is 11.3. The number of halogens is 1. The number of ether oxygens (including phenoxy) is 1. The van der Waals surface area contributed by atoms with Crippen LogP contribution in [0, 0.1) is 27.3 Å². The average Bonchev–Trinajstić information content (AvgIpc) is 2.75. The van der Waals surface area contributed by atoms with Crippen LogP contribution >= 0.6 is 0 Å². The van der Waals surface area contributed by atoms with Gasteiger partial charge in [-0.3, -0.25) is 14.9 Å². The van der Waals surface area contributed by atoms with Crippen molar-refractivity contribution < 1.29 is 29.1 Å². The highest BCUT2D eigenvalue weighted by molar-refractivity contribution is 6.03. The van der Waals surface area contributed by atoms with Crippen LogP contribution in [0.15, 0.2) is 35.9 Å². The Labute approximate surface area is 177 Å². The van der Waals surface area contributed by atoms with Gasteiger partial charge in [-0.05, 0) is 24.1 Å². The van der Waals surface area contributed by atoms with Crippen molar-refractivity contribution in [2.45, 2.75) is 19.9 Å². The van der Waals surface area contributed by atoms with E-state index in [0.717, 1.165) is 29.7 Å². The number of carbonyl (C=O) groups excluding carboxylic acids is 1. The number of rotatable bonds is 7. The third-order valence-electron chi connectivity index (χ3n) is 4.59. The van der Waals surface area contributed by atoms with Gasteiger partial charge in [0.15, 0.2) is 11.3 Å². The topological polar surface area (TPSA) is 137 Å². The van der Waals surface area contributed by atoms with E-state index < -0.39 is 39.4 Å². The Morgan fingerprint density at radius 3 is 2.55 bits per heavy atom. The number of phenols is 1. The van der Waals surface area contributed by atoms with Crippen LogP contribution in [-0.2, 0) is 17.8 Å². The molecule has 1 amide bonds. The number of hydrogen-bond acceptors (Lipinski definition) is 7. The van der Waals surface area contributed by atoms with Gasteiger partial charge in [-0.25, -0.2) is 4.39 Å². The zero-order valence-electron chi connectivity index (χ0n) is 17.0. The van der Waals surface area contributed by atoms with Crippen molar-refractivity contribution >= 4 is 17.4 Å². The molecule has 0 spiro atoms. The lowest BCUT2D eigenvalue weighted by Gasteiger charge is -2.18. The summed E-state index contributed by atoms with van der Waals surface area (Å²) in [5, 5.41) is 40.9. The van der Waals surface area contributed by atoms with E-state index in [4.69, 9.17) is 4.74 Å². The molecule has 162 valence electrons. The highest BCUT2D eigenvalue weighted by Gasteiger charge is 2.26. The van der Waals surface area contributed by atoms with Gasteiger partial charge in [0.2, 0.25) is 5.75 Å². The monoisotopic (exact) mass is 429 g/mol. The number of nitriles is 1. The lowest BCUT2D eigenvalue weighted by molar-refractivity contribution is -0.386. The van der Waals surface area contributed by atoms with Crippen LogP contribution in [-0.4, -0.2) is 40.1 Å². The molecule has 31 heavy (non-hydrogen) atoms. The first kappa shape index (κ1) is 23.2. The number of phenolic OH excluding ortho intramolecular Hbond substituents is 1. The second kappa shape index (κ2) is 9.58. The quantitative estimate of drug-likeness (QED) is 0.226. The molecule has 2 aromatic carbocycles. The summed E-state index contributed by atoms with van der Waals surface area (Å²) in [6.45, 7) is 1.70. The number of hydrogen-bond donors (Lipinski definition) is 2. The SMILES string of the molecule is CCc1ccc(CN(C)C(=O)/C(C#N)=C(\O)c2cc(OC)c(O)c([N+](=O)[O-])c2)c(F)c1. The predicted octanol–water partition coefficient (Wildman–Crippen LogP) is 3.46. The van der Waals surface area contributed by atoms with Crippen molar-refractivity contribution in [3.8, 4) is 17.6 Å². The lowest BCUT2D eigenvalue weighted by atomic mass is 10.1. The van der Waals surface area contributed by atoms with Crippen LogP contribution in [0.25, 0.3) is 5.76 Å². The molecule has 0 unspecified atom stereocenters. The van der Waals surface area contributed by atoms with Gasteiger partial charge in [0.1, 0.15) is 17.6 Å². The number of aliphatic hydroxyl groups is 1. The first-order valence-corrected chi connectivity index (χ1v) is 9.06. The number of methoxy groups -OCH3 is 1. The summed E-state index contributed by atoms with van der Waals surface area (Å²) in [4.78, 5) is 24.0. The van der Waals surface area contributed by atoms with Crippen LogP contribution in [0.4, 0.5) is 10.1 Å². The number of amides is 1. The number of benzene rings is 2. The summed E-state index contributed by atoms with van der Waals surface area (Å²) in [5.74, 6) is -3.37. The maximum absolute atomic E-state index is 14.2. The van der Waals surface area contributed by atoms with E-state index in [1.54, 1.807) is 12.1 Å². The zero-order chi connectivity index (χ0) is 23.3. The number of nitro groups is 1. The molecule has 0 heterocycles. The molecule has 0 atom stereocenters. The zero-order valence-corrected chi connectivity index (χ0v) is 17.0.